The summed E-state index contributed by atoms with van der Waals surface area (Å²) in [5.41, 5.74) is 2.61. The van der Waals surface area contributed by atoms with Gasteiger partial charge in [-0.05, 0) is 52.7 Å². The van der Waals surface area contributed by atoms with Crippen LogP contribution < -0.4 is 10.4 Å². The van der Waals surface area contributed by atoms with Gasteiger partial charge in [-0.3, -0.25) is 9.59 Å². The molecule has 7 heteroatoms. The Hall–Kier alpha value is -2.57. The quantitative estimate of drug-likeness (QED) is 0.642. The van der Waals surface area contributed by atoms with Crippen molar-refractivity contribution in [1.82, 2.24) is 5.48 Å². The fourth-order valence-corrected chi connectivity index (χ4v) is 2.89. The SMILES string of the molecule is CCOC(=O)C1CCCN(c2ccccc2C(=O)NOC(=O)C(C)(C)C)C1. The first-order chi connectivity index (χ1) is 12.7. The van der Waals surface area contributed by atoms with Gasteiger partial charge in [-0.15, -0.1) is 0 Å². The zero-order valence-corrected chi connectivity index (χ0v) is 16.4. The number of carbonyl (C=O) groups excluding carboxylic acids is 3. The van der Waals surface area contributed by atoms with Crippen LogP contribution in [0.3, 0.4) is 0 Å². The minimum atomic E-state index is -0.716. The Morgan fingerprint density at radius 2 is 1.93 bits per heavy atom. The van der Waals surface area contributed by atoms with Gasteiger partial charge in [0.15, 0.2) is 0 Å². The molecule has 0 bridgehead atoms. The van der Waals surface area contributed by atoms with Crippen LogP contribution >= 0.6 is 0 Å². The van der Waals surface area contributed by atoms with Gasteiger partial charge >= 0.3 is 11.9 Å². The monoisotopic (exact) mass is 376 g/mol. The molecule has 1 N–H and O–H groups in total. The lowest BCUT2D eigenvalue weighted by atomic mass is 9.97. The lowest BCUT2D eigenvalue weighted by Crippen LogP contribution is -2.41. The van der Waals surface area contributed by atoms with E-state index in [1.54, 1.807) is 39.8 Å². The van der Waals surface area contributed by atoms with E-state index in [1.165, 1.54) is 0 Å². The number of para-hydroxylation sites is 1. The summed E-state index contributed by atoms with van der Waals surface area (Å²) in [6, 6.07) is 7.08. The molecule has 2 rings (SSSR count). The van der Waals surface area contributed by atoms with Gasteiger partial charge in [-0.2, -0.15) is 5.48 Å². The minimum absolute atomic E-state index is 0.205. The number of hydrogen-bond donors (Lipinski definition) is 1. The first-order valence-electron chi connectivity index (χ1n) is 9.26. The number of rotatable bonds is 4. The molecule has 0 radical (unpaired) electrons. The van der Waals surface area contributed by atoms with Crippen molar-refractivity contribution >= 4 is 23.5 Å². The Bertz CT molecular complexity index is 696. The number of amides is 1. The zero-order chi connectivity index (χ0) is 20.0. The largest absolute Gasteiger partial charge is 0.466 e. The van der Waals surface area contributed by atoms with Gasteiger partial charge in [0, 0.05) is 18.8 Å². The van der Waals surface area contributed by atoms with E-state index in [4.69, 9.17) is 9.57 Å². The van der Waals surface area contributed by atoms with Crippen molar-refractivity contribution in [3.63, 3.8) is 0 Å². The van der Waals surface area contributed by atoms with Crippen molar-refractivity contribution in [2.45, 2.75) is 40.5 Å². The van der Waals surface area contributed by atoms with Gasteiger partial charge in [-0.1, -0.05) is 12.1 Å². The van der Waals surface area contributed by atoms with E-state index in [2.05, 4.69) is 5.48 Å². The molecular weight excluding hydrogens is 348 g/mol. The maximum atomic E-state index is 12.6. The molecule has 1 aromatic carbocycles. The van der Waals surface area contributed by atoms with Crippen LogP contribution in [0.4, 0.5) is 5.69 Å². The Labute approximate surface area is 160 Å². The van der Waals surface area contributed by atoms with Crippen molar-refractivity contribution in [2.75, 3.05) is 24.6 Å². The number of hydrogen-bond acceptors (Lipinski definition) is 6. The Morgan fingerprint density at radius 1 is 1.22 bits per heavy atom. The highest BCUT2D eigenvalue weighted by atomic mass is 16.7. The molecule has 7 nitrogen and oxygen atoms in total. The number of carbonyl (C=O) groups is 3. The first-order valence-corrected chi connectivity index (χ1v) is 9.26. The number of benzene rings is 1. The highest BCUT2D eigenvalue weighted by Crippen LogP contribution is 2.27. The van der Waals surface area contributed by atoms with Crippen LogP contribution in [0.25, 0.3) is 0 Å². The molecule has 0 spiro atoms. The molecule has 1 heterocycles. The molecule has 27 heavy (non-hydrogen) atoms. The van der Waals surface area contributed by atoms with E-state index in [9.17, 15) is 14.4 Å². The number of nitrogens with zero attached hydrogens (tertiary/aromatic N) is 1. The van der Waals surface area contributed by atoms with E-state index in [-0.39, 0.29) is 11.9 Å². The summed E-state index contributed by atoms with van der Waals surface area (Å²) in [5.74, 6) is -1.44. The lowest BCUT2D eigenvalue weighted by Gasteiger charge is -2.34. The molecule has 148 valence electrons. The van der Waals surface area contributed by atoms with E-state index in [0.29, 0.717) is 24.4 Å². The molecule has 0 aromatic heterocycles. The highest BCUT2D eigenvalue weighted by Gasteiger charge is 2.29. The molecular formula is C20H28N2O5. The topological polar surface area (TPSA) is 84.9 Å². The van der Waals surface area contributed by atoms with E-state index < -0.39 is 17.3 Å². The number of nitrogens with one attached hydrogen (secondary N) is 1. The van der Waals surface area contributed by atoms with Crippen LogP contribution in [0.5, 0.6) is 0 Å². The van der Waals surface area contributed by atoms with Crippen molar-refractivity contribution in [3.8, 4) is 0 Å². The molecule has 1 aliphatic heterocycles. The predicted molar refractivity (Wildman–Crippen MR) is 101 cm³/mol. The Kier molecular flexibility index (Phi) is 6.82. The second-order valence-corrected chi connectivity index (χ2v) is 7.63. The standard InChI is InChI=1S/C20H28N2O5/c1-5-26-18(24)14-9-8-12-22(13-14)16-11-7-6-10-15(16)17(23)21-27-19(25)20(2,3)4/h6-7,10-11,14H,5,8-9,12-13H2,1-4H3,(H,21,23). The normalized spacial score (nSPS) is 17.2. The van der Waals surface area contributed by atoms with Gasteiger partial charge in [0.1, 0.15) is 0 Å². The van der Waals surface area contributed by atoms with Crippen LogP contribution in [0.2, 0.25) is 0 Å². The summed E-state index contributed by atoms with van der Waals surface area (Å²) in [7, 11) is 0. The van der Waals surface area contributed by atoms with Crippen molar-refractivity contribution < 1.29 is 24.0 Å². The van der Waals surface area contributed by atoms with E-state index in [0.717, 1.165) is 19.4 Å². The molecule has 0 saturated carbocycles. The first kappa shape index (κ1) is 20.7. The van der Waals surface area contributed by atoms with Crippen LogP contribution in [0.1, 0.15) is 50.9 Å². The molecule has 1 atom stereocenters. The summed E-state index contributed by atoms with van der Waals surface area (Å²) in [6.07, 6.45) is 1.60. The van der Waals surface area contributed by atoms with Crippen molar-refractivity contribution in [3.05, 3.63) is 29.8 Å². The van der Waals surface area contributed by atoms with Crippen LogP contribution in [-0.2, 0) is 19.2 Å². The highest BCUT2D eigenvalue weighted by molar-refractivity contribution is 6.00. The maximum Gasteiger partial charge on any atom is 0.337 e. The number of anilines is 1. The smallest absolute Gasteiger partial charge is 0.337 e. The third kappa shape index (κ3) is 5.45. The van der Waals surface area contributed by atoms with Crippen LogP contribution in [0.15, 0.2) is 24.3 Å². The Morgan fingerprint density at radius 3 is 2.59 bits per heavy atom. The molecule has 1 amide bonds. The average molecular weight is 376 g/mol. The van der Waals surface area contributed by atoms with Gasteiger partial charge in [-0.25, -0.2) is 4.79 Å². The van der Waals surface area contributed by atoms with Crippen molar-refractivity contribution in [1.29, 1.82) is 0 Å². The Balaban J connectivity index is 2.11. The zero-order valence-electron chi connectivity index (χ0n) is 16.4. The fourth-order valence-electron chi connectivity index (χ4n) is 2.89. The van der Waals surface area contributed by atoms with Crippen molar-refractivity contribution in [2.24, 2.45) is 11.3 Å². The van der Waals surface area contributed by atoms with Crippen LogP contribution in [-0.4, -0.2) is 37.5 Å². The molecule has 1 unspecified atom stereocenters. The summed E-state index contributed by atoms with van der Waals surface area (Å²) >= 11 is 0. The van der Waals surface area contributed by atoms with Gasteiger partial charge in [0.2, 0.25) is 0 Å². The lowest BCUT2D eigenvalue weighted by molar-refractivity contribution is -0.158. The van der Waals surface area contributed by atoms with Gasteiger partial charge < -0.3 is 14.5 Å². The molecule has 1 aliphatic rings. The molecule has 0 aliphatic carbocycles. The summed E-state index contributed by atoms with van der Waals surface area (Å²) in [4.78, 5) is 43.4. The maximum absolute atomic E-state index is 12.6. The second-order valence-electron chi connectivity index (χ2n) is 7.63. The number of piperidine rings is 1. The molecule has 1 fully saturated rings. The number of hydroxylamine groups is 1. The summed E-state index contributed by atoms with van der Waals surface area (Å²) in [5, 5.41) is 0. The van der Waals surface area contributed by atoms with Gasteiger partial charge in [0.05, 0.1) is 23.5 Å². The fraction of sp³-hybridized carbons (Fsp3) is 0.550. The third-order valence-electron chi connectivity index (χ3n) is 4.38. The minimum Gasteiger partial charge on any atom is -0.466 e. The predicted octanol–water partition coefficient (Wildman–Crippen LogP) is 2.70. The second kappa shape index (κ2) is 8.88. The number of ether oxygens (including phenoxy) is 1. The molecule has 1 aromatic rings. The summed E-state index contributed by atoms with van der Waals surface area (Å²) in [6.45, 7) is 8.49. The van der Waals surface area contributed by atoms with E-state index >= 15 is 0 Å². The summed E-state index contributed by atoms with van der Waals surface area (Å²) < 4.78 is 5.14. The third-order valence-corrected chi connectivity index (χ3v) is 4.38. The van der Waals surface area contributed by atoms with Gasteiger partial charge in [0.25, 0.3) is 5.91 Å². The molecule has 1 saturated heterocycles. The van der Waals surface area contributed by atoms with E-state index in [1.807, 2.05) is 17.0 Å². The number of esters is 1. The average Bonchev–Trinajstić information content (AvgIpc) is 2.65. The van der Waals surface area contributed by atoms with Crippen LogP contribution in [0, 0.1) is 11.3 Å².